The molecule has 2 aliphatic heterocycles. The second-order valence-corrected chi connectivity index (χ2v) is 5.66. The Hall–Kier alpha value is -1.59. The number of hydrogen-bond donors (Lipinski definition) is 1. The molecule has 3 rings (SSSR count). The van der Waals surface area contributed by atoms with Crippen molar-refractivity contribution in [3.8, 4) is 0 Å². The zero-order valence-corrected chi connectivity index (χ0v) is 11.5. The van der Waals surface area contributed by atoms with Crippen LogP contribution in [0.2, 0.25) is 0 Å². The van der Waals surface area contributed by atoms with Gasteiger partial charge in [-0.1, -0.05) is 6.92 Å². The molecule has 6 nitrogen and oxygen atoms in total. The summed E-state index contributed by atoms with van der Waals surface area (Å²) in [4.78, 5) is 17.6. The van der Waals surface area contributed by atoms with E-state index < -0.39 is 0 Å². The highest BCUT2D eigenvalue weighted by Crippen LogP contribution is 2.23. The van der Waals surface area contributed by atoms with Crippen LogP contribution in [0.1, 0.15) is 32.6 Å². The van der Waals surface area contributed by atoms with E-state index in [2.05, 4.69) is 31.7 Å². The fourth-order valence-electron chi connectivity index (χ4n) is 2.78. The van der Waals surface area contributed by atoms with Crippen LogP contribution >= 0.6 is 0 Å². The van der Waals surface area contributed by atoms with E-state index >= 15 is 0 Å². The molecule has 0 saturated carbocycles. The summed E-state index contributed by atoms with van der Waals surface area (Å²) in [5.41, 5.74) is 5.85. The lowest BCUT2D eigenvalue weighted by molar-refractivity contribution is 0.434. The monoisotopic (exact) mass is 262 g/mol. The molecule has 19 heavy (non-hydrogen) atoms. The number of aromatic nitrogens is 3. The number of piperidine rings is 1. The highest BCUT2D eigenvalue weighted by molar-refractivity contribution is 5.44. The van der Waals surface area contributed by atoms with Crippen molar-refractivity contribution in [3.05, 3.63) is 0 Å². The fraction of sp³-hybridized carbons (Fsp3) is 0.769. The second-order valence-electron chi connectivity index (χ2n) is 5.66. The maximum Gasteiger partial charge on any atom is 0.231 e. The van der Waals surface area contributed by atoms with E-state index in [4.69, 9.17) is 5.73 Å². The van der Waals surface area contributed by atoms with Crippen molar-refractivity contribution in [2.24, 2.45) is 5.92 Å². The van der Waals surface area contributed by atoms with Gasteiger partial charge in [0.05, 0.1) is 0 Å². The van der Waals surface area contributed by atoms with Crippen molar-refractivity contribution in [2.75, 3.05) is 41.7 Å². The Morgan fingerprint density at radius 3 is 2.00 bits per heavy atom. The maximum absolute atomic E-state index is 5.85. The molecule has 0 aliphatic carbocycles. The van der Waals surface area contributed by atoms with Gasteiger partial charge in [-0.2, -0.15) is 15.0 Å². The van der Waals surface area contributed by atoms with Gasteiger partial charge in [0.15, 0.2) is 0 Å². The van der Waals surface area contributed by atoms with Crippen LogP contribution in [0.15, 0.2) is 0 Å². The van der Waals surface area contributed by atoms with Crippen LogP contribution in [0.25, 0.3) is 0 Å². The number of rotatable bonds is 2. The zero-order valence-electron chi connectivity index (χ0n) is 11.5. The minimum Gasteiger partial charge on any atom is -0.368 e. The average molecular weight is 262 g/mol. The van der Waals surface area contributed by atoms with Crippen LogP contribution in [-0.4, -0.2) is 41.1 Å². The summed E-state index contributed by atoms with van der Waals surface area (Å²) in [5.74, 6) is 2.64. The first-order valence-corrected chi connectivity index (χ1v) is 7.24. The van der Waals surface area contributed by atoms with Crippen molar-refractivity contribution in [1.29, 1.82) is 0 Å². The van der Waals surface area contributed by atoms with E-state index in [1.165, 1.54) is 25.7 Å². The van der Waals surface area contributed by atoms with Crippen LogP contribution in [0, 0.1) is 5.92 Å². The topological polar surface area (TPSA) is 71.2 Å². The minimum atomic E-state index is 0.338. The lowest BCUT2D eigenvalue weighted by atomic mass is 10.00. The van der Waals surface area contributed by atoms with Crippen LogP contribution in [-0.2, 0) is 0 Å². The van der Waals surface area contributed by atoms with Crippen LogP contribution in [0.4, 0.5) is 17.8 Å². The quantitative estimate of drug-likeness (QED) is 0.866. The molecule has 0 atom stereocenters. The smallest absolute Gasteiger partial charge is 0.231 e. The lowest BCUT2D eigenvalue weighted by Gasteiger charge is -2.30. The standard InChI is InChI=1S/C13H22N6/c1-10-4-8-19(9-5-10)13-16-11(14)15-12(17-13)18-6-2-3-7-18/h10H,2-9H2,1H3,(H2,14,15,16,17). The van der Waals surface area contributed by atoms with Gasteiger partial charge in [0.2, 0.25) is 17.8 Å². The lowest BCUT2D eigenvalue weighted by Crippen LogP contribution is -2.35. The van der Waals surface area contributed by atoms with Crippen LogP contribution < -0.4 is 15.5 Å². The van der Waals surface area contributed by atoms with Crippen molar-refractivity contribution in [1.82, 2.24) is 15.0 Å². The Bertz CT molecular complexity index is 435. The predicted octanol–water partition coefficient (Wildman–Crippen LogP) is 1.29. The zero-order chi connectivity index (χ0) is 13.2. The fourth-order valence-corrected chi connectivity index (χ4v) is 2.78. The van der Waals surface area contributed by atoms with Crippen molar-refractivity contribution >= 4 is 17.8 Å². The molecule has 1 aromatic heterocycles. The summed E-state index contributed by atoms with van der Waals surface area (Å²) in [6, 6.07) is 0. The van der Waals surface area contributed by atoms with Gasteiger partial charge in [-0.25, -0.2) is 0 Å². The van der Waals surface area contributed by atoms with Gasteiger partial charge in [0.1, 0.15) is 0 Å². The van der Waals surface area contributed by atoms with Crippen molar-refractivity contribution < 1.29 is 0 Å². The molecule has 0 bridgehead atoms. The number of nitrogens with zero attached hydrogens (tertiary/aromatic N) is 5. The molecule has 2 N–H and O–H groups in total. The SMILES string of the molecule is CC1CCN(c2nc(N)nc(N3CCCC3)n2)CC1. The van der Waals surface area contributed by atoms with Gasteiger partial charge >= 0.3 is 0 Å². The Labute approximate surface area is 114 Å². The number of hydrogen-bond acceptors (Lipinski definition) is 6. The second kappa shape index (κ2) is 5.19. The molecule has 2 saturated heterocycles. The summed E-state index contributed by atoms with van der Waals surface area (Å²) >= 11 is 0. The Morgan fingerprint density at radius 1 is 0.895 bits per heavy atom. The molecule has 0 aromatic carbocycles. The van der Waals surface area contributed by atoms with Crippen LogP contribution in [0.3, 0.4) is 0 Å². The van der Waals surface area contributed by atoms with E-state index in [0.29, 0.717) is 5.95 Å². The van der Waals surface area contributed by atoms with E-state index in [9.17, 15) is 0 Å². The highest BCUT2D eigenvalue weighted by Gasteiger charge is 2.21. The molecular formula is C13H22N6. The molecule has 2 aliphatic rings. The number of anilines is 3. The normalized spacial score (nSPS) is 21.1. The first-order chi connectivity index (χ1) is 9.22. The predicted molar refractivity (Wildman–Crippen MR) is 76.3 cm³/mol. The summed E-state index contributed by atoms with van der Waals surface area (Å²) in [6.07, 6.45) is 4.82. The Kier molecular flexibility index (Phi) is 3.40. The largest absolute Gasteiger partial charge is 0.368 e. The van der Waals surface area contributed by atoms with Gasteiger partial charge in [0.25, 0.3) is 0 Å². The van der Waals surface area contributed by atoms with E-state index in [1.54, 1.807) is 0 Å². The van der Waals surface area contributed by atoms with Gasteiger partial charge in [0, 0.05) is 26.2 Å². The van der Waals surface area contributed by atoms with E-state index in [1.807, 2.05) is 0 Å². The highest BCUT2D eigenvalue weighted by atomic mass is 15.4. The molecule has 1 aromatic rings. The first-order valence-electron chi connectivity index (χ1n) is 7.24. The Morgan fingerprint density at radius 2 is 1.42 bits per heavy atom. The molecule has 0 unspecified atom stereocenters. The summed E-state index contributed by atoms with van der Waals surface area (Å²) < 4.78 is 0. The first kappa shape index (κ1) is 12.4. The molecule has 104 valence electrons. The van der Waals surface area contributed by atoms with Gasteiger partial charge in [-0.3, -0.25) is 0 Å². The molecule has 0 amide bonds. The van der Waals surface area contributed by atoms with Gasteiger partial charge < -0.3 is 15.5 Å². The van der Waals surface area contributed by atoms with Crippen molar-refractivity contribution in [2.45, 2.75) is 32.6 Å². The average Bonchev–Trinajstić information content (AvgIpc) is 2.93. The Balaban J connectivity index is 1.80. The number of nitrogen functional groups attached to an aromatic ring is 1. The molecule has 2 fully saturated rings. The molecule has 3 heterocycles. The molecule has 0 radical (unpaired) electrons. The van der Waals surface area contributed by atoms with Gasteiger partial charge in [-0.05, 0) is 31.6 Å². The molecular weight excluding hydrogens is 240 g/mol. The summed E-state index contributed by atoms with van der Waals surface area (Å²) in [7, 11) is 0. The molecule has 0 spiro atoms. The minimum absolute atomic E-state index is 0.338. The molecule has 6 heteroatoms. The maximum atomic E-state index is 5.85. The van der Waals surface area contributed by atoms with Crippen LogP contribution in [0.5, 0.6) is 0 Å². The third-order valence-corrected chi connectivity index (χ3v) is 4.08. The van der Waals surface area contributed by atoms with E-state index in [-0.39, 0.29) is 0 Å². The third-order valence-electron chi connectivity index (χ3n) is 4.08. The van der Waals surface area contributed by atoms with Gasteiger partial charge in [-0.15, -0.1) is 0 Å². The summed E-state index contributed by atoms with van der Waals surface area (Å²) in [6.45, 7) is 6.39. The third kappa shape index (κ3) is 2.72. The van der Waals surface area contributed by atoms with Crippen molar-refractivity contribution in [3.63, 3.8) is 0 Å². The summed E-state index contributed by atoms with van der Waals surface area (Å²) in [5, 5.41) is 0. The number of nitrogens with two attached hydrogens (primary N) is 1. The van der Waals surface area contributed by atoms with E-state index in [0.717, 1.165) is 44.0 Å².